The number of ketones is 1. The van der Waals surface area contributed by atoms with E-state index in [1.54, 1.807) is 0 Å². The van der Waals surface area contributed by atoms with Crippen LogP contribution in [0.4, 0.5) is 0 Å². The second kappa shape index (κ2) is 8.46. The molecule has 0 unspecified atom stereocenters. The molecular formula is C21H24ClNO. The third-order valence-electron chi connectivity index (χ3n) is 4.77. The molecule has 0 saturated heterocycles. The van der Waals surface area contributed by atoms with Crippen molar-refractivity contribution < 1.29 is 4.79 Å². The van der Waals surface area contributed by atoms with Crippen molar-refractivity contribution in [1.29, 1.82) is 0 Å². The lowest BCUT2D eigenvalue weighted by atomic mass is 9.91. The summed E-state index contributed by atoms with van der Waals surface area (Å²) in [6, 6.07) is 19.3. The number of nitrogens with one attached hydrogen (secondary N) is 1. The van der Waals surface area contributed by atoms with Gasteiger partial charge < -0.3 is 5.32 Å². The average Bonchev–Trinajstić information content (AvgIpc) is 2.67. The van der Waals surface area contributed by atoms with E-state index in [-0.39, 0.29) is 11.2 Å². The Bertz CT molecular complexity index is 637. The van der Waals surface area contributed by atoms with Gasteiger partial charge in [-0.05, 0) is 18.4 Å². The Kier molecular flexibility index (Phi) is 6.06. The Morgan fingerprint density at radius 2 is 1.50 bits per heavy atom. The van der Waals surface area contributed by atoms with Gasteiger partial charge in [0.15, 0.2) is 5.78 Å². The molecule has 1 aliphatic carbocycles. The van der Waals surface area contributed by atoms with Crippen molar-refractivity contribution in [3.63, 3.8) is 0 Å². The van der Waals surface area contributed by atoms with E-state index in [1.165, 1.54) is 19.3 Å². The summed E-state index contributed by atoms with van der Waals surface area (Å²) in [6.45, 7) is 0. The quantitative estimate of drug-likeness (QED) is 0.582. The van der Waals surface area contributed by atoms with Crippen LogP contribution in [-0.4, -0.2) is 17.9 Å². The fraction of sp³-hybridized carbons (Fsp3) is 0.381. The van der Waals surface area contributed by atoms with Crippen LogP contribution in [0.15, 0.2) is 60.7 Å². The summed E-state index contributed by atoms with van der Waals surface area (Å²) in [6.07, 6.45) is 5.98. The summed E-state index contributed by atoms with van der Waals surface area (Å²) < 4.78 is 0. The van der Waals surface area contributed by atoms with E-state index in [0.29, 0.717) is 11.6 Å². The van der Waals surface area contributed by atoms with Gasteiger partial charge in [-0.2, -0.15) is 0 Å². The van der Waals surface area contributed by atoms with Crippen molar-refractivity contribution in [2.75, 3.05) is 0 Å². The molecule has 126 valence electrons. The number of hydrogen-bond donors (Lipinski definition) is 1. The summed E-state index contributed by atoms with van der Waals surface area (Å²) in [4.78, 5) is 13.1. The number of Topliss-reactive ketones (excluding diaryl/α,β-unsaturated/α-hetero) is 1. The van der Waals surface area contributed by atoms with Crippen molar-refractivity contribution in [1.82, 2.24) is 5.32 Å². The number of hydrogen-bond acceptors (Lipinski definition) is 2. The smallest absolute Gasteiger partial charge is 0.181 e. The highest BCUT2D eigenvalue weighted by molar-refractivity contribution is 6.24. The molecule has 3 rings (SSSR count). The van der Waals surface area contributed by atoms with Crippen molar-refractivity contribution in [2.24, 2.45) is 0 Å². The van der Waals surface area contributed by atoms with Crippen LogP contribution < -0.4 is 5.32 Å². The molecular weight excluding hydrogens is 318 g/mol. The average molecular weight is 342 g/mol. The number of rotatable bonds is 6. The fourth-order valence-electron chi connectivity index (χ4n) is 3.43. The molecule has 1 saturated carbocycles. The summed E-state index contributed by atoms with van der Waals surface area (Å²) >= 11 is 6.75. The molecule has 0 spiro atoms. The summed E-state index contributed by atoms with van der Waals surface area (Å²) in [5.41, 5.74) is 1.70. The highest BCUT2D eigenvalue weighted by Gasteiger charge is 2.31. The van der Waals surface area contributed by atoms with Gasteiger partial charge in [0, 0.05) is 11.6 Å². The second-order valence-electron chi connectivity index (χ2n) is 6.52. The highest BCUT2D eigenvalue weighted by atomic mass is 35.5. The van der Waals surface area contributed by atoms with Gasteiger partial charge in [-0.1, -0.05) is 79.9 Å². The first kappa shape index (κ1) is 17.2. The maximum atomic E-state index is 13.1. The van der Waals surface area contributed by atoms with Gasteiger partial charge in [0.1, 0.15) is 0 Å². The first-order valence-corrected chi connectivity index (χ1v) is 9.23. The number of carbonyl (C=O) groups is 1. The normalized spacial score (nSPS) is 18.0. The van der Waals surface area contributed by atoms with Gasteiger partial charge >= 0.3 is 0 Å². The third-order valence-corrected chi connectivity index (χ3v) is 5.28. The largest absolute Gasteiger partial charge is 0.303 e. The van der Waals surface area contributed by atoms with Gasteiger partial charge in [-0.25, -0.2) is 0 Å². The lowest BCUT2D eigenvalue weighted by Crippen LogP contribution is -2.46. The SMILES string of the molecule is O=C(c1ccccc1)[C@@H](NC1CCCCC1)[C@H](Cl)c1ccccc1. The first-order valence-electron chi connectivity index (χ1n) is 8.80. The molecule has 0 radical (unpaired) electrons. The van der Waals surface area contributed by atoms with Crippen molar-refractivity contribution in [2.45, 2.75) is 49.6 Å². The molecule has 1 fully saturated rings. The lowest BCUT2D eigenvalue weighted by molar-refractivity contribution is 0.0928. The third kappa shape index (κ3) is 4.25. The highest BCUT2D eigenvalue weighted by Crippen LogP contribution is 2.28. The van der Waals surface area contributed by atoms with E-state index in [2.05, 4.69) is 5.32 Å². The molecule has 2 aromatic rings. The Morgan fingerprint density at radius 3 is 2.12 bits per heavy atom. The summed E-state index contributed by atoms with van der Waals surface area (Å²) in [5, 5.41) is 3.20. The van der Waals surface area contributed by atoms with Crippen molar-refractivity contribution in [3.05, 3.63) is 71.8 Å². The number of alkyl halides is 1. The van der Waals surface area contributed by atoms with Crippen LogP contribution in [0.5, 0.6) is 0 Å². The molecule has 0 amide bonds. The Morgan fingerprint density at radius 1 is 0.917 bits per heavy atom. The van der Waals surface area contributed by atoms with E-state index in [1.807, 2.05) is 60.7 Å². The molecule has 0 aliphatic heterocycles. The molecule has 2 nitrogen and oxygen atoms in total. The minimum Gasteiger partial charge on any atom is -0.303 e. The summed E-state index contributed by atoms with van der Waals surface area (Å²) in [5.74, 6) is 0.0741. The van der Waals surface area contributed by atoms with E-state index >= 15 is 0 Å². The molecule has 2 atom stereocenters. The molecule has 2 aromatic carbocycles. The zero-order valence-electron chi connectivity index (χ0n) is 13.8. The number of halogens is 1. The standard InChI is InChI=1S/C21H24ClNO/c22-19(16-10-4-1-5-11-16)20(23-18-14-8-3-9-15-18)21(24)17-12-6-2-7-13-17/h1-2,4-7,10-13,18-20,23H,3,8-9,14-15H2/t19-,20+/m1/s1. The number of carbonyl (C=O) groups excluding carboxylic acids is 1. The molecule has 0 bridgehead atoms. The maximum absolute atomic E-state index is 13.1. The van der Waals surface area contributed by atoms with E-state index in [9.17, 15) is 4.79 Å². The fourth-order valence-corrected chi connectivity index (χ4v) is 3.76. The Labute approximate surface area is 149 Å². The predicted molar refractivity (Wildman–Crippen MR) is 99.6 cm³/mol. The molecule has 0 heterocycles. The number of benzene rings is 2. The Hall–Kier alpha value is -1.64. The topological polar surface area (TPSA) is 29.1 Å². The molecule has 0 aromatic heterocycles. The van der Waals surface area contributed by atoms with Gasteiger partial charge in [-0.15, -0.1) is 11.6 Å². The van der Waals surface area contributed by atoms with Crippen molar-refractivity contribution in [3.8, 4) is 0 Å². The van der Waals surface area contributed by atoms with Crippen LogP contribution in [0.1, 0.15) is 53.4 Å². The molecule has 1 N–H and O–H groups in total. The van der Waals surface area contributed by atoms with Gasteiger partial charge in [-0.3, -0.25) is 4.79 Å². The Balaban J connectivity index is 1.83. The predicted octanol–water partition coefficient (Wildman–Crippen LogP) is 5.14. The summed E-state index contributed by atoms with van der Waals surface area (Å²) in [7, 11) is 0. The van der Waals surface area contributed by atoms with Crippen LogP contribution in [0.2, 0.25) is 0 Å². The van der Waals surface area contributed by atoms with Crippen LogP contribution in [0.25, 0.3) is 0 Å². The van der Waals surface area contributed by atoms with Crippen LogP contribution >= 0.6 is 11.6 Å². The van der Waals surface area contributed by atoms with E-state index in [0.717, 1.165) is 18.4 Å². The zero-order valence-corrected chi connectivity index (χ0v) is 14.6. The van der Waals surface area contributed by atoms with Gasteiger partial charge in [0.25, 0.3) is 0 Å². The van der Waals surface area contributed by atoms with E-state index in [4.69, 9.17) is 11.6 Å². The van der Waals surface area contributed by atoms with Gasteiger partial charge in [0.2, 0.25) is 0 Å². The molecule has 1 aliphatic rings. The van der Waals surface area contributed by atoms with Crippen LogP contribution in [-0.2, 0) is 0 Å². The maximum Gasteiger partial charge on any atom is 0.181 e. The van der Waals surface area contributed by atoms with Crippen LogP contribution in [0, 0.1) is 0 Å². The molecule has 24 heavy (non-hydrogen) atoms. The monoisotopic (exact) mass is 341 g/mol. The minimum atomic E-state index is -0.403. The lowest BCUT2D eigenvalue weighted by Gasteiger charge is -2.30. The van der Waals surface area contributed by atoms with Crippen molar-refractivity contribution >= 4 is 17.4 Å². The second-order valence-corrected chi connectivity index (χ2v) is 6.99. The minimum absolute atomic E-state index is 0.0741. The first-order chi connectivity index (χ1) is 11.8. The van der Waals surface area contributed by atoms with Crippen LogP contribution in [0.3, 0.4) is 0 Å². The molecule has 3 heteroatoms. The zero-order chi connectivity index (χ0) is 16.8. The van der Waals surface area contributed by atoms with E-state index < -0.39 is 6.04 Å². The van der Waals surface area contributed by atoms with Gasteiger partial charge in [0.05, 0.1) is 11.4 Å².